The standard InChI is InChI=1S/C14H16N4O/c1-9-13(10(2)17-16-9)14(19)18-7-5-12-11(8-18)4-3-6-15-12/h3-4,6H,5,7-8H2,1-2H3,(H,16,17). The van der Waals surface area contributed by atoms with E-state index in [1.54, 1.807) is 6.20 Å². The number of H-pyrrole nitrogens is 1. The van der Waals surface area contributed by atoms with E-state index in [0.717, 1.165) is 29.1 Å². The smallest absolute Gasteiger partial charge is 0.257 e. The summed E-state index contributed by atoms with van der Waals surface area (Å²) in [6.45, 7) is 5.09. The lowest BCUT2D eigenvalue weighted by Crippen LogP contribution is -2.36. The SMILES string of the molecule is Cc1n[nH]c(C)c1C(=O)N1CCc2ncccc2C1. The second kappa shape index (κ2) is 4.50. The summed E-state index contributed by atoms with van der Waals surface area (Å²) in [5.41, 5.74) is 4.54. The summed E-state index contributed by atoms with van der Waals surface area (Å²) in [7, 11) is 0. The first kappa shape index (κ1) is 11.9. The van der Waals surface area contributed by atoms with Crippen LogP contribution in [0.15, 0.2) is 18.3 Å². The highest BCUT2D eigenvalue weighted by Crippen LogP contribution is 2.20. The topological polar surface area (TPSA) is 61.9 Å². The molecule has 98 valence electrons. The first-order chi connectivity index (χ1) is 9.16. The van der Waals surface area contributed by atoms with Gasteiger partial charge in [0.1, 0.15) is 0 Å². The summed E-state index contributed by atoms with van der Waals surface area (Å²) >= 11 is 0. The molecule has 0 bridgehead atoms. The maximum Gasteiger partial charge on any atom is 0.257 e. The number of aromatic amines is 1. The van der Waals surface area contributed by atoms with Gasteiger partial charge in [0.2, 0.25) is 0 Å². The van der Waals surface area contributed by atoms with Crippen LogP contribution in [0.2, 0.25) is 0 Å². The van der Waals surface area contributed by atoms with Gasteiger partial charge in [-0.25, -0.2) is 0 Å². The van der Waals surface area contributed by atoms with Crippen LogP contribution in [0.25, 0.3) is 0 Å². The lowest BCUT2D eigenvalue weighted by Gasteiger charge is -2.28. The molecule has 1 aliphatic heterocycles. The van der Waals surface area contributed by atoms with Crippen molar-refractivity contribution in [2.75, 3.05) is 6.54 Å². The molecule has 0 fully saturated rings. The van der Waals surface area contributed by atoms with E-state index >= 15 is 0 Å². The Kier molecular flexibility index (Phi) is 2.81. The molecule has 5 nitrogen and oxygen atoms in total. The van der Waals surface area contributed by atoms with Crippen LogP contribution in [-0.4, -0.2) is 32.5 Å². The maximum absolute atomic E-state index is 12.6. The predicted octanol–water partition coefficient (Wildman–Crippen LogP) is 1.62. The molecule has 0 spiro atoms. The number of nitrogens with one attached hydrogen (secondary N) is 1. The van der Waals surface area contributed by atoms with Crippen LogP contribution in [-0.2, 0) is 13.0 Å². The van der Waals surface area contributed by atoms with E-state index < -0.39 is 0 Å². The van der Waals surface area contributed by atoms with Crippen molar-refractivity contribution in [1.29, 1.82) is 0 Å². The Balaban J connectivity index is 1.88. The van der Waals surface area contributed by atoms with Crippen molar-refractivity contribution in [2.45, 2.75) is 26.8 Å². The zero-order valence-electron chi connectivity index (χ0n) is 11.1. The van der Waals surface area contributed by atoms with Gasteiger partial charge in [0.15, 0.2) is 0 Å². The summed E-state index contributed by atoms with van der Waals surface area (Å²) in [4.78, 5) is 18.8. The number of hydrogen-bond acceptors (Lipinski definition) is 3. The molecule has 0 radical (unpaired) electrons. The normalized spacial score (nSPS) is 14.3. The van der Waals surface area contributed by atoms with Gasteiger partial charge in [-0.15, -0.1) is 0 Å². The number of carbonyl (C=O) groups excluding carboxylic acids is 1. The Morgan fingerprint density at radius 1 is 1.42 bits per heavy atom. The van der Waals surface area contributed by atoms with Gasteiger partial charge in [-0.1, -0.05) is 6.07 Å². The quantitative estimate of drug-likeness (QED) is 0.843. The Morgan fingerprint density at radius 3 is 3.00 bits per heavy atom. The molecule has 0 saturated heterocycles. The van der Waals surface area contributed by atoms with Crippen LogP contribution in [0, 0.1) is 13.8 Å². The molecule has 2 aromatic rings. The van der Waals surface area contributed by atoms with E-state index in [-0.39, 0.29) is 5.91 Å². The number of aryl methyl sites for hydroxylation is 2. The second-order valence-corrected chi connectivity index (χ2v) is 4.89. The highest BCUT2D eigenvalue weighted by atomic mass is 16.2. The van der Waals surface area contributed by atoms with E-state index in [0.29, 0.717) is 18.7 Å². The first-order valence-corrected chi connectivity index (χ1v) is 6.40. The third kappa shape index (κ3) is 2.01. The molecule has 3 heterocycles. The molecule has 1 aliphatic rings. The minimum atomic E-state index is 0.0539. The molecule has 0 unspecified atom stereocenters. The van der Waals surface area contributed by atoms with Crippen LogP contribution < -0.4 is 0 Å². The number of nitrogens with zero attached hydrogens (tertiary/aromatic N) is 3. The number of aromatic nitrogens is 3. The molecule has 2 aromatic heterocycles. The fourth-order valence-electron chi connectivity index (χ4n) is 2.56. The van der Waals surface area contributed by atoms with Crippen molar-refractivity contribution >= 4 is 5.91 Å². The highest BCUT2D eigenvalue weighted by Gasteiger charge is 2.25. The summed E-state index contributed by atoms with van der Waals surface area (Å²) < 4.78 is 0. The number of pyridine rings is 1. The molecule has 0 aliphatic carbocycles. The third-order valence-electron chi connectivity index (χ3n) is 3.59. The molecular weight excluding hydrogens is 240 g/mol. The maximum atomic E-state index is 12.6. The number of amides is 1. The fourth-order valence-corrected chi connectivity index (χ4v) is 2.56. The number of rotatable bonds is 1. The second-order valence-electron chi connectivity index (χ2n) is 4.89. The minimum absolute atomic E-state index is 0.0539. The van der Waals surface area contributed by atoms with Crippen LogP contribution in [0.3, 0.4) is 0 Å². The van der Waals surface area contributed by atoms with Gasteiger partial charge < -0.3 is 4.90 Å². The zero-order chi connectivity index (χ0) is 13.4. The van der Waals surface area contributed by atoms with Gasteiger partial charge in [0.05, 0.1) is 11.3 Å². The lowest BCUT2D eigenvalue weighted by molar-refractivity contribution is 0.0732. The van der Waals surface area contributed by atoms with E-state index in [1.165, 1.54) is 0 Å². The highest BCUT2D eigenvalue weighted by molar-refractivity contribution is 5.96. The van der Waals surface area contributed by atoms with Gasteiger partial charge in [0.25, 0.3) is 5.91 Å². The van der Waals surface area contributed by atoms with Crippen LogP contribution in [0.5, 0.6) is 0 Å². The summed E-state index contributed by atoms with van der Waals surface area (Å²) in [6, 6.07) is 3.96. The van der Waals surface area contributed by atoms with Crippen LogP contribution in [0.1, 0.15) is 33.0 Å². The number of carbonyl (C=O) groups is 1. The minimum Gasteiger partial charge on any atom is -0.334 e. The molecule has 0 aromatic carbocycles. The molecule has 0 atom stereocenters. The van der Waals surface area contributed by atoms with Crippen LogP contribution in [0.4, 0.5) is 0 Å². The van der Waals surface area contributed by atoms with Crippen molar-refractivity contribution in [1.82, 2.24) is 20.1 Å². The Morgan fingerprint density at radius 2 is 2.26 bits per heavy atom. The number of fused-ring (bicyclic) bond motifs is 1. The Bertz CT molecular complexity index is 613. The molecular formula is C14H16N4O. The zero-order valence-corrected chi connectivity index (χ0v) is 11.1. The van der Waals surface area contributed by atoms with Crippen molar-refractivity contribution in [3.63, 3.8) is 0 Å². The van der Waals surface area contributed by atoms with Crippen LogP contribution >= 0.6 is 0 Å². The molecule has 0 saturated carbocycles. The van der Waals surface area contributed by atoms with E-state index in [2.05, 4.69) is 15.2 Å². The van der Waals surface area contributed by atoms with Gasteiger partial charge >= 0.3 is 0 Å². The molecule has 1 N–H and O–H groups in total. The molecule has 19 heavy (non-hydrogen) atoms. The Hall–Kier alpha value is -2.17. The van der Waals surface area contributed by atoms with Crippen molar-refractivity contribution < 1.29 is 4.79 Å². The van der Waals surface area contributed by atoms with Crippen molar-refractivity contribution in [3.05, 3.63) is 46.5 Å². The molecule has 5 heteroatoms. The summed E-state index contributed by atoms with van der Waals surface area (Å²) in [6.07, 6.45) is 2.62. The average molecular weight is 256 g/mol. The first-order valence-electron chi connectivity index (χ1n) is 6.40. The van der Waals surface area contributed by atoms with Gasteiger partial charge in [-0.05, 0) is 25.5 Å². The van der Waals surface area contributed by atoms with Crippen molar-refractivity contribution in [2.24, 2.45) is 0 Å². The number of hydrogen-bond donors (Lipinski definition) is 1. The summed E-state index contributed by atoms with van der Waals surface area (Å²) in [5.74, 6) is 0.0539. The van der Waals surface area contributed by atoms with Gasteiger partial charge in [0, 0.05) is 37.1 Å². The molecule has 1 amide bonds. The Labute approximate surface area is 111 Å². The van der Waals surface area contributed by atoms with E-state index in [1.807, 2.05) is 30.9 Å². The summed E-state index contributed by atoms with van der Waals surface area (Å²) in [5, 5.41) is 6.96. The van der Waals surface area contributed by atoms with E-state index in [4.69, 9.17) is 0 Å². The fraction of sp³-hybridized carbons (Fsp3) is 0.357. The average Bonchev–Trinajstić information content (AvgIpc) is 2.77. The van der Waals surface area contributed by atoms with Gasteiger partial charge in [-0.2, -0.15) is 5.10 Å². The largest absolute Gasteiger partial charge is 0.334 e. The lowest BCUT2D eigenvalue weighted by atomic mass is 10.0. The monoisotopic (exact) mass is 256 g/mol. The van der Waals surface area contributed by atoms with Crippen molar-refractivity contribution in [3.8, 4) is 0 Å². The molecule has 3 rings (SSSR count). The van der Waals surface area contributed by atoms with E-state index in [9.17, 15) is 4.79 Å². The predicted molar refractivity (Wildman–Crippen MR) is 70.7 cm³/mol. The third-order valence-corrected chi connectivity index (χ3v) is 3.59. The van der Waals surface area contributed by atoms with Gasteiger partial charge in [-0.3, -0.25) is 14.9 Å².